The molecule has 0 aliphatic carbocycles. The van der Waals surface area contributed by atoms with Gasteiger partial charge in [0, 0.05) is 34.6 Å². The van der Waals surface area contributed by atoms with Gasteiger partial charge in [0.1, 0.15) is 6.17 Å². The van der Waals surface area contributed by atoms with Crippen molar-refractivity contribution in [2.24, 2.45) is 5.92 Å². The smallest absolute Gasteiger partial charge is 0.251 e. The summed E-state index contributed by atoms with van der Waals surface area (Å²) in [5.41, 5.74) is 0.391. The number of carbonyl (C=O) groups excluding carboxylic acids is 1. The van der Waals surface area contributed by atoms with E-state index >= 15 is 0 Å². The highest BCUT2D eigenvalue weighted by molar-refractivity contribution is 6.35. The molecule has 1 aliphatic heterocycles. The molecule has 2 atom stereocenters. The maximum absolute atomic E-state index is 13.6. The molecule has 2 N–H and O–H groups in total. The number of benzene rings is 1. The third-order valence-corrected chi connectivity index (χ3v) is 3.63. The van der Waals surface area contributed by atoms with Gasteiger partial charge in [-0.05, 0) is 31.2 Å². The summed E-state index contributed by atoms with van der Waals surface area (Å²) >= 11 is 11.7. The quantitative estimate of drug-likeness (QED) is 0.901. The predicted molar refractivity (Wildman–Crippen MR) is 74.7 cm³/mol. The maximum Gasteiger partial charge on any atom is 0.251 e. The first-order valence-corrected chi connectivity index (χ1v) is 6.91. The van der Waals surface area contributed by atoms with Crippen molar-refractivity contribution in [3.63, 3.8) is 0 Å². The number of piperidine rings is 1. The number of halogens is 3. The molecule has 3 nitrogen and oxygen atoms in total. The van der Waals surface area contributed by atoms with Crippen molar-refractivity contribution in [3.8, 4) is 0 Å². The lowest BCUT2D eigenvalue weighted by atomic mass is 9.96. The van der Waals surface area contributed by atoms with Crippen molar-refractivity contribution in [1.29, 1.82) is 0 Å². The molecule has 1 saturated heterocycles. The van der Waals surface area contributed by atoms with Gasteiger partial charge in [-0.15, -0.1) is 0 Å². The normalized spacial score (nSPS) is 23.1. The molecule has 1 heterocycles. The standard InChI is InChI=1S/C13H15Cl2FN2O/c14-10-3-9(4-11(15)5-10)13(19)18-6-8-1-2-17-7-12(8)16/h3-5,8,12,17H,1-2,6-7H2,(H,18,19)/t8-,12-/m1/s1. The van der Waals surface area contributed by atoms with Gasteiger partial charge in [-0.2, -0.15) is 0 Å². The number of hydrogen-bond donors (Lipinski definition) is 2. The molecular weight excluding hydrogens is 290 g/mol. The lowest BCUT2D eigenvalue weighted by Gasteiger charge is -2.26. The van der Waals surface area contributed by atoms with E-state index < -0.39 is 6.17 Å². The van der Waals surface area contributed by atoms with Crippen LogP contribution in [0.15, 0.2) is 18.2 Å². The third kappa shape index (κ3) is 4.06. The first-order valence-electron chi connectivity index (χ1n) is 6.15. The molecule has 19 heavy (non-hydrogen) atoms. The van der Waals surface area contributed by atoms with Gasteiger partial charge in [-0.1, -0.05) is 23.2 Å². The van der Waals surface area contributed by atoms with Crippen LogP contribution in [0.25, 0.3) is 0 Å². The second kappa shape index (κ2) is 6.55. The SMILES string of the molecule is O=C(NC[C@H]1CCNC[C@H]1F)c1cc(Cl)cc(Cl)c1. The molecule has 1 fully saturated rings. The minimum absolute atomic E-state index is 0.139. The Balaban J connectivity index is 1.93. The van der Waals surface area contributed by atoms with Crippen LogP contribution >= 0.6 is 23.2 Å². The van der Waals surface area contributed by atoms with Crippen molar-refractivity contribution in [2.45, 2.75) is 12.6 Å². The van der Waals surface area contributed by atoms with Gasteiger partial charge in [0.15, 0.2) is 0 Å². The summed E-state index contributed by atoms with van der Waals surface area (Å²) in [5, 5.41) is 6.52. The molecule has 1 aliphatic rings. The lowest BCUT2D eigenvalue weighted by molar-refractivity contribution is 0.0928. The molecule has 2 rings (SSSR count). The summed E-state index contributed by atoms with van der Waals surface area (Å²) in [6.07, 6.45) is -0.199. The van der Waals surface area contributed by atoms with Crippen molar-refractivity contribution in [3.05, 3.63) is 33.8 Å². The fourth-order valence-corrected chi connectivity index (χ4v) is 2.64. The fourth-order valence-electron chi connectivity index (χ4n) is 2.12. The number of carbonyl (C=O) groups is 1. The van der Waals surface area contributed by atoms with Crippen LogP contribution in [0, 0.1) is 5.92 Å². The first-order chi connectivity index (χ1) is 9.06. The number of alkyl halides is 1. The molecular formula is C13H15Cl2FN2O. The summed E-state index contributed by atoms with van der Waals surface area (Å²) in [5.74, 6) is -0.421. The molecule has 0 radical (unpaired) electrons. The van der Waals surface area contributed by atoms with E-state index in [-0.39, 0.29) is 11.8 Å². The summed E-state index contributed by atoms with van der Waals surface area (Å²) in [6, 6.07) is 4.64. The fraction of sp³-hybridized carbons (Fsp3) is 0.462. The van der Waals surface area contributed by atoms with Crippen LogP contribution in [0.3, 0.4) is 0 Å². The van der Waals surface area contributed by atoms with Gasteiger partial charge in [0.25, 0.3) is 5.91 Å². The Labute approximate surface area is 121 Å². The second-order valence-electron chi connectivity index (χ2n) is 4.64. The largest absolute Gasteiger partial charge is 0.352 e. The van der Waals surface area contributed by atoms with Crippen LogP contribution < -0.4 is 10.6 Å². The van der Waals surface area contributed by atoms with E-state index in [1.807, 2.05) is 0 Å². The summed E-state index contributed by atoms with van der Waals surface area (Å²) < 4.78 is 13.6. The zero-order valence-corrected chi connectivity index (χ0v) is 11.8. The molecule has 0 saturated carbocycles. The highest BCUT2D eigenvalue weighted by atomic mass is 35.5. The number of amides is 1. The summed E-state index contributed by atoms with van der Waals surface area (Å²) in [4.78, 5) is 11.9. The summed E-state index contributed by atoms with van der Waals surface area (Å²) in [6.45, 7) is 1.46. The van der Waals surface area contributed by atoms with Crippen LogP contribution in [0.5, 0.6) is 0 Å². The number of nitrogens with one attached hydrogen (secondary N) is 2. The maximum atomic E-state index is 13.6. The molecule has 1 aromatic carbocycles. The molecule has 1 amide bonds. The van der Waals surface area contributed by atoms with Crippen molar-refractivity contribution >= 4 is 29.1 Å². The van der Waals surface area contributed by atoms with Gasteiger partial charge in [0.2, 0.25) is 0 Å². The van der Waals surface area contributed by atoms with Crippen LogP contribution in [-0.4, -0.2) is 31.7 Å². The molecule has 1 aromatic rings. The first kappa shape index (κ1) is 14.6. The zero-order chi connectivity index (χ0) is 13.8. The van der Waals surface area contributed by atoms with E-state index in [0.29, 0.717) is 28.7 Å². The van der Waals surface area contributed by atoms with E-state index in [1.54, 1.807) is 6.07 Å². The average Bonchev–Trinajstić information content (AvgIpc) is 2.36. The van der Waals surface area contributed by atoms with E-state index in [0.717, 1.165) is 13.0 Å². The monoisotopic (exact) mass is 304 g/mol. The average molecular weight is 305 g/mol. The van der Waals surface area contributed by atoms with Gasteiger partial charge in [-0.25, -0.2) is 4.39 Å². The molecule has 0 spiro atoms. The molecule has 6 heteroatoms. The van der Waals surface area contributed by atoms with Gasteiger partial charge >= 0.3 is 0 Å². The minimum atomic E-state index is -0.919. The zero-order valence-electron chi connectivity index (χ0n) is 10.3. The van der Waals surface area contributed by atoms with Gasteiger partial charge in [0.05, 0.1) is 0 Å². The van der Waals surface area contributed by atoms with E-state index in [1.165, 1.54) is 12.1 Å². The van der Waals surface area contributed by atoms with Crippen LogP contribution in [0.4, 0.5) is 4.39 Å². The molecule has 0 aromatic heterocycles. The van der Waals surface area contributed by atoms with Gasteiger partial charge in [-0.3, -0.25) is 4.79 Å². The Morgan fingerprint density at radius 2 is 2.05 bits per heavy atom. The highest BCUT2D eigenvalue weighted by Crippen LogP contribution is 2.19. The molecule has 0 bridgehead atoms. The van der Waals surface area contributed by atoms with E-state index in [2.05, 4.69) is 10.6 Å². The Morgan fingerprint density at radius 1 is 1.37 bits per heavy atom. The molecule has 0 unspecified atom stereocenters. The Hall–Kier alpha value is -0.840. The Morgan fingerprint density at radius 3 is 2.68 bits per heavy atom. The Bertz CT molecular complexity index is 450. The van der Waals surface area contributed by atoms with Crippen molar-refractivity contribution in [2.75, 3.05) is 19.6 Å². The number of hydrogen-bond acceptors (Lipinski definition) is 2. The van der Waals surface area contributed by atoms with Crippen molar-refractivity contribution < 1.29 is 9.18 Å². The predicted octanol–water partition coefficient (Wildman–Crippen LogP) is 2.67. The Kier molecular flexibility index (Phi) is 5.02. The highest BCUT2D eigenvalue weighted by Gasteiger charge is 2.24. The molecule has 104 valence electrons. The van der Waals surface area contributed by atoms with E-state index in [9.17, 15) is 9.18 Å². The summed E-state index contributed by atoms with van der Waals surface area (Å²) in [7, 11) is 0. The topological polar surface area (TPSA) is 41.1 Å². The van der Waals surface area contributed by atoms with E-state index in [4.69, 9.17) is 23.2 Å². The van der Waals surface area contributed by atoms with Crippen LogP contribution in [0.1, 0.15) is 16.8 Å². The van der Waals surface area contributed by atoms with Crippen molar-refractivity contribution in [1.82, 2.24) is 10.6 Å². The number of rotatable bonds is 3. The van der Waals surface area contributed by atoms with Gasteiger partial charge < -0.3 is 10.6 Å². The van der Waals surface area contributed by atoms with Crippen LogP contribution in [0.2, 0.25) is 10.0 Å². The van der Waals surface area contributed by atoms with Crippen LogP contribution in [-0.2, 0) is 0 Å². The minimum Gasteiger partial charge on any atom is -0.352 e. The lowest BCUT2D eigenvalue weighted by Crippen LogP contribution is -2.43. The third-order valence-electron chi connectivity index (χ3n) is 3.19. The second-order valence-corrected chi connectivity index (χ2v) is 5.51.